The summed E-state index contributed by atoms with van der Waals surface area (Å²) in [5.41, 5.74) is 5.57. The van der Waals surface area contributed by atoms with Crippen LogP contribution in [-0.4, -0.2) is 26.1 Å². The first-order valence-electron chi connectivity index (χ1n) is 5.41. The van der Waals surface area contributed by atoms with Gasteiger partial charge < -0.3 is 11.1 Å². The van der Waals surface area contributed by atoms with Crippen molar-refractivity contribution < 1.29 is 8.78 Å². The molecule has 0 aromatic heterocycles. The van der Waals surface area contributed by atoms with Crippen LogP contribution in [0.5, 0.6) is 0 Å². The number of hydrogen-bond donors (Lipinski definition) is 2. The number of nitrogens with two attached hydrogens (primary N) is 1. The first kappa shape index (κ1) is 11.9. The topological polar surface area (TPSA) is 38.0 Å². The van der Waals surface area contributed by atoms with Crippen LogP contribution in [0.2, 0.25) is 0 Å². The normalized spacial score (nSPS) is 28.3. The minimum Gasteiger partial charge on any atom is -0.330 e. The van der Waals surface area contributed by atoms with Gasteiger partial charge in [0.1, 0.15) is 0 Å². The van der Waals surface area contributed by atoms with Gasteiger partial charge in [0, 0.05) is 0 Å². The summed E-state index contributed by atoms with van der Waals surface area (Å²) in [4.78, 5) is 0. The molecular weight excluding hydrogens is 186 g/mol. The average Bonchev–Trinajstić information content (AvgIpc) is 2.18. The molecule has 0 aliphatic heterocycles. The van der Waals surface area contributed by atoms with Gasteiger partial charge in [-0.25, -0.2) is 8.78 Å². The molecule has 4 heteroatoms. The second kappa shape index (κ2) is 6.30. The van der Waals surface area contributed by atoms with E-state index < -0.39 is 6.43 Å². The number of hydrogen-bond acceptors (Lipinski definition) is 2. The zero-order valence-corrected chi connectivity index (χ0v) is 8.52. The Morgan fingerprint density at radius 3 is 2.21 bits per heavy atom. The van der Waals surface area contributed by atoms with E-state index in [1.807, 2.05) is 0 Å². The van der Waals surface area contributed by atoms with Crippen LogP contribution in [0.15, 0.2) is 0 Å². The fraction of sp³-hybridized carbons (Fsp3) is 1.00. The maximum atomic E-state index is 11.8. The lowest BCUT2D eigenvalue weighted by atomic mass is 9.82. The summed E-state index contributed by atoms with van der Waals surface area (Å²) in [5, 5.41) is 2.81. The molecule has 0 spiro atoms. The summed E-state index contributed by atoms with van der Waals surface area (Å²) in [6.07, 6.45) is 2.38. The summed E-state index contributed by atoms with van der Waals surface area (Å²) in [6.45, 7) is 1.34. The third-order valence-corrected chi connectivity index (χ3v) is 3.03. The SMILES string of the molecule is NCC1CCC(CNCC(F)F)CC1. The first-order chi connectivity index (χ1) is 6.72. The fourth-order valence-electron chi connectivity index (χ4n) is 2.07. The minimum absolute atomic E-state index is 0.170. The third-order valence-electron chi connectivity index (χ3n) is 3.03. The molecule has 2 nitrogen and oxygen atoms in total. The van der Waals surface area contributed by atoms with Gasteiger partial charge in [0.15, 0.2) is 0 Å². The molecule has 0 saturated heterocycles. The lowest BCUT2D eigenvalue weighted by Gasteiger charge is -2.27. The lowest BCUT2D eigenvalue weighted by Crippen LogP contribution is -2.31. The van der Waals surface area contributed by atoms with Crippen molar-refractivity contribution in [1.29, 1.82) is 0 Å². The largest absolute Gasteiger partial charge is 0.330 e. The van der Waals surface area contributed by atoms with Gasteiger partial charge in [-0.3, -0.25) is 0 Å². The smallest absolute Gasteiger partial charge is 0.250 e. The van der Waals surface area contributed by atoms with Crippen LogP contribution in [-0.2, 0) is 0 Å². The highest BCUT2D eigenvalue weighted by molar-refractivity contribution is 4.74. The molecule has 84 valence electrons. The lowest BCUT2D eigenvalue weighted by molar-refractivity contribution is 0.141. The van der Waals surface area contributed by atoms with Crippen LogP contribution in [0, 0.1) is 11.8 Å². The van der Waals surface area contributed by atoms with Crippen LogP contribution in [0.25, 0.3) is 0 Å². The Bertz CT molecular complexity index is 145. The van der Waals surface area contributed by atoms with E-state index in [1.165, 1.54) is 0 Å². The molecule has 0 heterocycles. The number of alkyl halides is 2. The summed E-state index contributed by atoms with van der Waals surface area (Å²) < 4.78 is 23.7. The van der Waals surface area contributed by atoms with E-state index in [2.05, 4.69) is 5.32 Å². The van der Waals surface area contributed by atoms with Crippen LogP contribution in [0.3, 0.4) is 0 Å². The van der Waals surface area contributed by atoms with E-state index in [0.717, 1.165) is 38.8 Å². The van der Waals surface area contributed by atoms with Crippen molar-refractivity contribution in [2.24, 2.45) is 17.6 Å². The second-order valence-corrected chi connectivity index (χ2v) is 4.17. The fourth-order valence-corrected chi connectivity index (χ4v) is 2.07. The monoisotopic (exact) mass is 206 g/mol. The molecule has 0 aromatic rings. The predicted molar refractivity (Wildman–Crippen MR) is 53.4 cm³/mol. The van der Waals surface area contributed by atoms with Gasteiger partial charge in [-0.2, -0.15) is 0 Å². The second-order valence-electron chi connectivity index (χ2n) is 4.17. The first-order valence-corrected chi connectivity index (χ1v) is 5.41. The van der Waals surface area contributed by atoms with Gasteiger partial charge in [0.05, 0.1) is 6.54 Å². The number of nitrogens with one attached hydrogen (secondary N) is 1. The Kier molecular flexibility index (Phi) is 5.33. The van der Waals surface area contributed by atoms with Crippen molar-refractivity contribution >= 4 is 0 Å². The highest BCUT2D eigenvalue weighted by Crippen LogP contribution is 2.27. The van der Waals surface area contributed by atoms with Gasteiger partial charge in [-0.15, -0.1) is 0 Å². The molecule has 1 saturated carbocycles. The molecule has 0 atom stereocenters. The van der Waals surface area contributed by atoms with Crippen LogP contribution >= 0.6 is 0 Å². The van der Waals surface area contributed by atoms with E-state index in [0.29, 0.717) is 11.8 Å². The Morgan fingerprint density at radius 1 is 1.14 bits per heavy atom. The summed E-state index contributed by atoms with van der Waals surface area (Å²) in [7, 11) is 0. The zero-order valence-electron chi connectivity index (χ0n) is 8.52. The number of rotatable bonds is 5. The van der Waals surface area contributed by atoms with Crippen LogP contribution < -0.4 is 11.1 Å². The Morgan fingerprint density at radius 2 is 1.71 bits per heavy atom. The van der Waals surface area contributed by atoms with Crippen LogP contribution in [0.1, 0.15) is 25.7 Å². The minimum atomic E-state index is -2.23. The molecule has 1 rings (SSSR count). The van der Waals surface area contributed by atoms with Crippen molar-refractivity contribution in [3.63, 3.8) is 0 Å². The van der Waals surface area contributed by atoms with Crippen LogP contribution in [0.4, 0.5) is 8.78 Å². The molecule has 0 aromatic carbocycles. The van der Waals surface area contributed by atoms with E-state index >= 15 is 0 Å². The summed E-state index contributed by atoms with van der Waals surface area (Å²) >= 11 is 0. The molecule has 3 N–H and O–H groups in total. The average molecular weight is 206 g/mol. The van der Waals surface area contributed by atoms with Gasteiger partial charge in [0.2, 0.25) is 0 Å². The van der Waals surface area contributed by atoms with E-state index in [4.69, 9.17) is 5.73 Å². The molecular formula is C10H20F2N2. The van der Waals surface area contributed by atoms with Crippen molar-refractivity contribution in [3.05, 3.63) is 0 Å². The molecule has 1 aliphatic carbocycles. The molecule has 1 fully saturated rings. The summed E-state index contributed by atoms with van der Waals surface area (Å²) in [6, 6.07) is 0. The van der Waals surface area contributed by atoms with Crippen molar-refractivity contribution in [2.75, 3.05) is 19.6 Å². The predicted octanol–water partition coefficient (Wildman–Crippen LogP) is 1.61. The van der Waals surface area contributed by atoms with Crippen molar-refractivity contribution in [1.82, 2.24) is 5.32 Å². The Hall–Kier alpha value is -0.220. The molecule has 0 radical (unpaired) electrons. The highest BCUT2D eigenvalue weighted by atomic mass is 19.3. The number of halogens is 2. The van der Waals surface area contributed by atoms with Gasteiger partial charge in [-0.1, -0.05) is 0 Å². The van der Waals surface area contributed by atoms with Gasteiger partial charge >= 0.3 is 0 Å². The van der Waals surface area contributed by atoms with Crippen molar-refractivity contribution in [3.8, 4) is 0 Å². The quantitative estimate of drug-likeness (QED) is 0.717. The van der Waals surface area contributed by atoms with E-state index in [-0.39, 0.29) is 6.54 Å². The molecule has 14 heavy (non-hydrogen) atoms. The zero-order chi connectivity index (χ0) is 10.4. The van der Waals surface area contributed by atoms with E-state index in [1.54, 1.807) is 0 Å². The third kappa shape index (κ3) is 4.33. The Labute approximate surface area is 84.2 Å². The molecule has 1 aliphatic rings. The van der Waals surface area contributed by atoms with Crippen molar-refractivity contribution in [2.45, 2.75) is 32.1 Å². The summed E-state index contributed by atoms with van der Waals surface area (Å²) in [5.74, 6) is 1.25. The van der Waals surface area contributed by atoms with Gasteiger partial charge in [0.25, 0.3) is 6.43 Å². The molecule has 0 amide bonds. The molecule has 0 unspecified atom stereocenters. The van der Waals surface area contributed by atoms with Gasteiger partial charge in [-0.05, 0) is 50.6 Å². The maximum absolute atomic E-state index is 11.8. The Balaban J connectivity index is 2.04. The maximum Gasteiger partial charge on any atom is 0.250 e. The van der Waals surface area contributed by atoms with E-state index in [9.17, 15) is 8.78 Å². The molecule has 0 bridgehead atoms. The highest BCUT2D eigenvalue weighted by Gasteiger charge is 2.19. The standard InChI is InChI=1S/C10H20F2N2/c11-10(12)7-14-6-9-3-1-8(5-13)2-4-9/h8-10,14H,1-7,13H2.